The van der Waals surface area contributed by atoms with Gasteiger partial charge in [0.25, 0.3) is 0 Å². The predicted octanol–water partition coefficient (Wildman–Crippen LogP) is 4.60. The third-order valence-electron chi connectivity index (χ3n) is 3.50. The first-order valence-electron chi connectivity index (χ1n) is 6.68. The highest BCUT2D eigenvalue weighted by Gasteiger charge is 2.14. The third kappa shape index (κ3) is 3.06. The number of allylic oxidation sites excluding steroid dienone is 2. The largest absolute Gasteiger partial charge is 0.289 e. The Morgan fingerprint density at radius 2 is 1.94 bits per heavy atom. The molecule has 18 heavy (non-hydrogen) atoms. The monoisotopic (exact) mass is 246 g/mol. The Hall–Kier alpha value is -1.44. The van der Waals surface area contributed by atoms with E-state index in [4.69, 9.17) is 0 Å². The maximum Gasteiger partial charge on any atom is 0.188 e. The van der Waals surface area contributed by atoms with E-state index in [0.29, 0.717) is 11.1 Å². The van der Waals surface area contributed by atoms with Crippen molar-refractivity contribution in [1.82, 2.24) is 0 Å². The number of halogens is 1. The molecule has 0 saturated carbocycles. The molecule has 2 rings (SSSR count). The highest BCUT2D eigenvalue weighted by atomic mass is 19.1. The van der Waals surface area contributed by atoms with Crippen molar-refractivity contribution in [2.75, 3.05) is 0 Å². The fraction of sp³-hybridized carbons (Fsp3) is 0.438. The molecule has 0 heterocycles. The second-order valence-corrected chi connectivity index (χ2v) is 4.98. The quantitative estimate of drug-likeness (QED) is 0.697. The molecule has 1 nitrogen and oxygen atoms in total. The zero-order valence-corrected chi connectivity index (χ0v) is 10.8. The molecule has 1 aliphatic carbocycles. The van der Waals surface area contributed by atoms with Gasteiger partial charge in [0.05, 0.1) is 0 Å². The van der Waals surface area contributed by atoms with Crippen molar-refractivity contribution in [3.63, 3.8) is 0 Å². The molecule has 1 aliphatic rings. The van der Waals surface area contributed by atoms with E-state index in [1.54, 1.807) is 19.1 Å². The van der Waals surface area contributed by atoms with Crippen molar-refractivity contribution >= 4 is 5.78 Å². The summed E-state index contributed by atoms with van der Waals surface area (Å²) in [4.78, 5) is 12.3. The third-order valence-corrected chi connectivity index (χ3v) is 3.50. The molecule has 0 atom stereocenters. The Morgan fingerprint density at radius 3 is 2.72 bits per heavy atom. The van der Waals surface area contributed by atoms with Crippen LogP contribution in [0.3, 0.4) is 0 Å². The van der Waals surface area contributed by atoms with Crippen molar-refractivity contribution in [3.8, 4) is 0 Å². The Kier molecular flexibility index (Phi) is 4.29. The Morgan fingerprint density at radius 1 is 1.17 bits per heavy atom. The summed E-state index contributed by atoms with van der Waals surface area (Å²) < 4.78 is 13.2. The van der Waals surface area contributed by atoms with E-state index in [1.165, 1.54) is 25.3 Å². The average Bonchev–Trinajstić information content (AvgIpc) is 2.31. The summed E-state index contributed by atoms with van der Waals surface area (Å²) in [5.74, 6) is -0.182. The van der Waals surface area contributed by atoms with Gasteiger partial charge in [0.2, 0.25) is 0 Å². The first-order valence-corrected chi connectivity index (χ1v) is 6.68. The van der Waals surface area contributed by atoms with E-state index in [0.717, 1.165) is 24.8 Å². The normalized spacial score (nSPS) is 19.6. The summed E-state index contributed by atoms with van der Waals surface area (Å²) in [6.45, 7) is 1.69. The predicted molar refractivity (Wildman–Crippen MR) is 71.3 cm³/mol. The zero-order chi connectivity index (χ0) is 13.0. The van der Waals surface area contributed by atoms with Gasteiger partial charge in [-0.25, -0.2) is 4.39 Å². The molecule has 1 aromatic rings. The van der Waals surface area contributed by atoms with Gasteiger partial charge in [0.1, 0.15) is 5.82 Å². The number of Topliss-reactive ketones (excluding diaryl/α,β-unsaturated/α-hetero) is 1. The van der Waals surface area contributed by atoms with E-state index in [-0.39, 0.29) is 11.6 Å². The van der Waals surface area contributed by atoms with E-state index in [9.17, 15) is 9.18 Å². The molecule has 0 amide bonds. The van der Waals surface area contributed by atoms with E-state index < -0.39 is 0 Å². The van der Waals surface area contributed by atoms with Crippen molar-refractivity contribution in [2.45, 2.75) is 45.4 Å². The fourth-order valence-electron chi connectivity index (χ4n) is 2.37. The molecule has 2 heteroatoms. The standard InChI is InChI=1S/C16H19FO/c1-12-11-14(9-10-15(12)17)16(18)13-7-5-3-2-4-6-8-13/h7,9-11H,2-6,8H2,1H3/b13-7+. The van der Waals surface area contributed by atoms with Crippen molar-refractivity contribution in [1.29, 1.82) is 0 Å². The number of hydrogen-bond donors (Lipinski definition) is 0. The Bertz CT molecular complexity index is 474. The molecule has 0 N–H and O–H groups in total. The number of hydrogen-bond acceptors (Lipinski definition) is 1. The second kappa shape index (κ2) is 5.94. The lowest BCUT2D eigenvalue weighted by Crippen LogP contribution is -2.06. The van der Waals surface area contributed by atoms with Crippen LogP contribution in [0, 0.1) is 12.7 Å². The van der Waals surface area contributed by atoms with Crippen LogP contribution in [0.1, 0.15) is 54.4 Å². The Balaban J connectivity index is 2.21. The van der Waals surface area contributed by atoms with Gasteiger partial charge in [-0.1, -0.05) is 18.9 Å². The van der Waals surface area contributed by atoms with Crippen LogP contribution in [0.15, 0.2) is 29.8 Å². The van der Waals surface area contributed by atoms with E-state index in [1.807, 2.05) is 0 Å². The molecular formula is C16H19FO. The van der Waals surface area contributed by atoms with Gasteiger partial charge in [0, 0.05) is 5.56 Å². The van der Waals surface area contributed by atoms with Gasteiger partial charge in [-0.15, -0.1) is 0 Å². The number of ketones is 1. The molecule has 96 valence electrons. The van der Waals surface area contributed by atoms with Crippen molar-refractivity contribution in [2.24, 2.45) is 0 Å². The van der Waals surface area contributed by atoms with Gasteiger partial charge >= 0.3 is 0 Å². The first-order chi connectivity index (χ1) is 8.68. The molecule has 0 aromatic heterocycles. The summed E-state index contributed by atoms with van der Waals surface area (Å²) >= 11 is 0. The molecule has 0 radical (unpaired) electrons. The summed E-state index contributed by atoms with van der Waals surface area (Å²) in [5.41, 5.74) is 2.05. The minimum absolute atomic E-state index is 0.0694. The van der Waals surface area contributed by atoms with Crippen LogP contribution in [0.5, 0.6) is 0 Å². The van der Waals surface area contributed by atoms with Gasteiger partial charge in [-0.2, -0.15) is 0 Å². The molecule has 0 fully saturated rings. The van der Waals surface area contributed by atoms with E-state index >= 15 is 0 Å². The summed E-state index contributed by atoms with van der Waals surface area (Å²) in [6.07, 6.45) is 8.62. The van der Waals surface area contributed by atoms with Crippen molar-refractivity contribution < 1.29 is 9.18 Å². The fourth-order valence-corrected chi connectivity index (χ4v) is 2.37. The zero-order valence-electron chi connectivity index (χ0n) is 10.8. The minimum atomic E-state index is -0.252. The number of rotatable bonds is 2. The van der Waals surface area contributed by atoms with Crippen LogP contribution < -0.4 is 0 Å². The van der Waals surface area contributed by atoms with Crippen LogP contribution in [-0.2, 0) is 0 Å². The molecule has 0 unspecified atom stereocenters. The maximum absolute atomic E-state index is 13.2. The van der Waals surface area contributed by atoms with Crippen LogP contribution in [-0.4, -0.2) is 5.78 Å². The minimum Gasteiger partial charge on any atom is -0.289 e. The first kappa shape index (κ1) is 13.0. The van der Waals surface area contributed by atoms with Gasteiger partial charge in [0.15, 0.2) is 5.78 Å². The molecule has 1 aromatic carbocycles. The summed E-state index contributed by atoms with van der Waals surface area (Å²) in [6, 6.07) is 4.62. The highest BCUT2D eigenvalue weighted by Crippen LogP contribution is 2.21. The maximum atomic E-state index is 13.2. The summed E-state index contributed by atoms with van der Waals surface area (Å²) in [7, 11) is 0. The number of carbonyl (C=O) groups excluding carboxylic acids is 1. The lowest BCUT2D eigenvalue weighted by molar-refractivity contribution is 0.102. The molecule has 0 aliphatic heterocycles. The number of carbonyl (C=O) groups is 1. The topological polar surface area (TPSA) is 17.1 Å². The van der Waals surface area contributed by atoms with Gasteiger partial charge < -0.3 is 0 Å². The van der Waals surface area contributed by atoms with Gasteiger partial charge in [-0.3, -0.25) is 4.79 Å². The lowest BCUT2D eigenvalue weighted by atomic mass is 9.93. The average molecular weight is 246 g/mol. The summed E-state index contributed by atoms with van der Waals surface area (Å²) in [5, 5.41) is 0. The smallest absolute Gasteiger partial charge is 0.188 e. The van der Waals surface area contributed by atoms with Crippen molar-refractivity contribution in [3.05, 3.63) is 46.8 Å². The second-order valence-electron chi connectivity index (χ2n) is 4.98. The SMILES string of the molecule is Cc1cc(C(=O)/C2=C/CCCCCC2)ccc1F. The van der Waals surface area contributed by atoms with Crippen LogP contribution in [0.4, 0.5) is 4.39 Å². The van der Waals surface area contributed by atoms with Gasteiger partial charge in [-0.05, 0) is 61.9 Å². The molecule has 0 spiro atoms. The number of benzene rings is 1. The van der Waals surface area contributed by atoms with Crippen LogP contribution in [0.25, 0.3) is 0 Å². The molecule has 0 saturated heterocycles. The number of aryl methyl sites for hydroxylation is 1. The van der Waals surface area contributed by atoms with Crippen LogP contribution >= 0.6 is 0 Å². The highest BCUT2D eigenvalue weighted by molar-refractivity contribution is 6.08. The lowest BCUT2D eigenvalue weighted by Gasteiger charge is -2.11. The molecule has 0 bridgehead atoms. The van der Waals surface area contributed by atoms with E-state index in [2.05, 4.69) is 6.08 Å². The molecular weight excluding hydrogens is 227 g/mol. The Labute approximate surface area is 108 Å². The van der Waals surface area contributed by atoms with Crippen LogP contribution in [0.2, 0.25) is 0 Å².